The smallest absolute Gasteiger partial charge is 0.232 e. The average Bonchev–Trinajstić information content (AvgIpc) is 2.81. The molecule has 192 valence electrons. The fourth-order valence-electron chi connectivity index (χ4n) is 3.17. The summed E-state index contributed by atoms with van der Waals surface area (Å²) in [6, 6.07) is 1.96. The van der Waals surface area contributed by atoms with E-state index < -0.39 is 0 Å². The summed E-state index contributed by atoms with van der Waals surface area (Å²) in [5, 5.41) is 12.1. The highest BCUT2D eigenvalue weighted by Crippen LogP contribution is 2.16. The lowest BCUT2D eigenvalue weighted by Gasteiger charge is -2.27. The first-order valence-corrected chi connectivity index (χ1v) is 12.7. The molecule has 1 aliphatic heterocycles. The number of nitrogens with zero attached hydrogens (tertiary/aromatic N) is 6. The summed E-state index contributed by atoms with van der Waals surface area (Å²) in [6.45, 7) is 22.6. The lowest BCUT2D eigenvalue weighted by Crippen LogP contribution is -2.35. The van der Waals surface area contributed by atoms with Crippen molar-refractivity contribution in [3.05, 3.63) is 41.1 Å². The maximum atomic E-state index is 8.87. The maximum absolute atomic E-state index is 8.87. The number of aryl methyl sites for hydroxylation is 1. The predicted octanol–water partition coefficient (Wildman–Crippen LogP) is 5.93. The Morgan fingerprint density at radius 2 is 1.94 bits per heavy atom. The van der Waals surface area contributed by atoms with Crippen molar-refractivity contribution in [2.75, 3.05) is 26.2 Å². The van der Waals surface area contributed by atoms with Crippen molar-refractivity contribution in [3.63, 3.8) is 0 Å². The van der Waals surface area contributed by atoms with Crippen LogP contribution in [0.15, 0.2) is 34.0 Å². The van der Waals surface area contributed by atoms with Gasteiger partial charge in [0.2, 0.25) is 11.8 Å². The van der Waals surface area contributed by atoms with Gasteiger partial charge in [-0.2, -0.15) is 5.26 Å². The second kappa shape index (κ2) is 15.9. The van der Waals surface area contributed by atoms with Gasteiger partial charge in [-0.05, 0) is 58.5 Å². The Bertz CT molecular complexity index is 924. The van der Waals surface area contributed by atoms with E-state index in [1.165, 1.54) is 25.7 Å². The number of piperidine rings is 1. The van der Waals surface area contributed by atoms with E-state index in [1.807, 2.05) is 26.0 Å². The first-order valence-electron chi connectivity index (χ1n) is 12.7. The van der Waals surface area contributed by atoms with E-state index in [0.29, 0.717) is 17.9 Å². The normalized spacial score (nSPS) is 15.4. The van der Waals surface area contributed by atoms with Gasteiger partial charge in [0, 0.05) is 42.5 Å². The molecule has 2 rings (SSSR count). The van der Waals surface area contributed by atoms with Gasteiger partial charge in [0.25, 0.3) is 0 Å². The number of likely N-dealkylation sites (tertiary alicyclic amines) is 1. The Labute approximate surface area is 213 Å². The van der Waals surface area contributed by atoms with Crippen molar-refractivity contribution in [1.29, 1.82) is 5.26 Å². The molecule has 0 saturated carbocycles. The number of nitrogens with one attached hydrogen (secondary N) is 1. The van der Waals surface area contributed by atoms with E-state index in [9.17, 15) is 0 Å². The largest absolute Gasteiger partial charge is 0.327 e. The summed E-state index contributed by atoms with van der Waals surface area (Å²) < 4.78 is 0. The minimum atomic E-state index is 0.194. The van der Waals surface area contributed by atoms with Gasteiger partial charge in [-0.15, -0.1) is 0 Å². The summed E-state index contributed by atoms with van der Waals surface area (Å²) >= 11 is 0. The molecule has 1 N–H and O–H groups in total. The maximum Gasteiger partial charge on any atom is 0.232 e. The Morgan fingerprint density at radius 3 is 2.49 bits per heavy atom. The van der Waals surface area contributed by atoms with E-state index in [-0.39, 0.29) is 5.82 Å². The standard InChI is InChI=1S/C22H31N7.C6H14/c1-5-24-22(27-18(3)16-29-11-7-6-8-12-29)25-10-9-17(2)13-20-15-26-21(14-23)28-19(20)4;1-5-6(2,3)4/h5,13,15H,3,6-12,16H2,1-2,4H3,(H,25,27);5H2,1-4H3/b17-13+,24-5-;. The highest BCUT2D eigenvalue weighted by atomic mass is 15.2. The highest BCUT2D eigenvalue weighted by Gasteiger charge is 2.11. The third-order valence-corrected chi connectivity index (χ3v) is 5.75. The second-order valence-corrected chi connectivity index (χ2v) is 10.2. The van der Waals surface area contributed by atoms with E-state index in [2.05, 4.69) is 71.4 Å². The molecule has 0 aliphatic carbocycles. The molecule has 1 aromatic heterocycles. The van der Waals surface area contributed by atoms with E-state index in [1.54, 1.807) is 12.4 Å². The molecular formula is C28H45N7. The van der Waals surface area contributed by atoms with Crippen LogP contribution in [0.2, 0.25) is 0 Å². The second-order valence-electron chi connectivity index (χ2n) is 10.2. The molecule has 1 aliphatic rings. The zero-order valence-corrected chi connectivity index (χ0v) is 23.0. The molecule has 0 amide bonds. The number of rotatable bonds is 7. The monoisotopic (exact) mass is 479 g/mol. The van der Waals surface area contributed by atoms with Gasteiger partial charge in [-0.1, -0.05) is 58.8 Å². The predicted molar refractivity (Wildman–Crippen MR) is 149 cm³/mol. The number of aromatic nitrogens is 2. The molecular weight excluding hydrogens is 434 g/mol. The molecule has 1 aromatic rings. The summed E-state index contributed by atoms with van der Waals surface area (Å²) in [7, 11) is 0. The highest BCUT2D eigenvalue weighted by molar-refractivity contribution is 5.88. The van der Waals surface area contributed by atoms with Gasteiger partial charge in [-0.3, -0.25) is 9.89 Å². The van der Waals surface area contributed by atoms with Crippen LogP contribution in [-0.4, -0.2) is 53.2 Å². The molecule has 0 radical (unpaired) electrons. The summed E-state index contributed by atoms with van der Waals surface area (Å²) in [4.78, 5) is 19.6. The Balaban J connectivity index is 0.000000905. The van der Waals surface area contributed by atoms with Crippen LogP contribution in [0.1, 0.15) is 90.7 Å². The molecule has 0 bridgehead atoms. The summed E-state index contributed by atoms with van der Waals surface area (Å²) in [5.41, 5.74) is 4.35. The quantitative estimate of drug-likeness (QED) is 0.387. The van der Waals surface area contributed by atoms with Crippen LogP contribution in [0.4, 0.5) is 0 Å². The van der Waals surface area contributed by atoms with Gasteiger partial charge in [0.05, 0.1) is 0 Å². The Morgan fingerprint density at radius 1 is 1.29 bits per heavy atom. The summed E-state index contributed by atoms with van der Waals surface area (Å²) in [5.74, 6) is 0.792. The van der Waals surface area contributed by atoms with Crippen LogP contribution >= 0.6 is 0 Å². The summed E-state index contributed by atoms with van der Waals surface area (Å²) in [6.07, 6.45) is 11.4. The van der Waals surface area contributed by atoms with E-state index in [0.717, 1.165) is 48.6 Å². The van der Waals surface area contributed by atoms with Gasteiger partial charge in [-0.25, -0.2) is 15.0 Å². The number of hydrogen-bond acceptors (Lipinski definition) is 5. The molecule has 35 heavy (non-hydrogen) atoms. The van der Waals surface area contributed by atoms with Gasteiger partial charge < -0.3 is 5.32 Å². The Kier molecular flexibility index (Phi) is 13.7. The van der Waals surface area contributed by atoms with Gasteiger partial charge >= 0.3 is 0 Å². The first kappa shape index (κ1) is 30.2. The van der Waals surface area contributed by atoms with Crippen LogP contribution in [0, 0.1) is 23.7 Å². The van der Waals surface area contributed by atoms with Crippen molar-refractivity contribution in [1.82, 2.24) is 20.2 Å². The fraction of sp³-hybridized carbons (Fsp3) is 0.607. The Hall–Kier alpha value is -2.85. The average molecular weight is 480 g/mol. The third kappa shape index (κ3) is 13.6. The molecule has 1 saturated heterocycles. The fourth-order valence-corrected chi connectivity index (χ4v) is 3.17. The molecule has 0 spiro atoms. The van der Waals surface area contributed by atoms with Crippen LogP contribution in [0.5, 0.6) is 0 Å². The lowest BCUT2D eigenvalue weighted by molar-refractivity contribution is 0.244. The van der Waals surface area contributed by atoms with Crippen molar-refractivity contribution >= 4 is 18.3 Å². The van der Waals surface area contributed by atoms with Gasteiger partial charge in [0.1, 0.15) is 6.07 Å². The van der Waals surface area contributed by atoms with Crippen LogP contribution in [-0.2, 0) is 0 Å². The molecule has 0 aromatic carbocycles. The van der Waals surface area contributed by atoms with Crippen molar-refractivity contribution < 1.29 is 0 Å². The molecule has 1 fully saturated rings. The van der Waals surface area contributed by atoms with E-state index in [4.69, 9.17) is 5.26 Å². The minimum Gasteiger partial charge on any atom is -0.327 e. The van der Waals surface area contributed by atoms with Crippen molar-refractivity contribution in [2.24, 2.45) is 15.4 Å². The number of guanidine groups is 1. The third-order valence-electron chi connectivity index (χ3n) is 5.75. The zero-order valence-electron chi connectivity index (χ0n) is 23.0. The first-order chi connectivity index (χ1) is 16.6. The van der Waals surface area contributed by atoms with Crippen molar-refractivity contribution in [2.45, 2.75) is 80.6 Å². The number of nitriles is 1. The van der Waals surface area contributed by atoms with E-state index >= 15 is 0 Å². The van der Waals surface area contributed by atoms with Crippen molar-refractivity contribution in [3.8, 4) is 6.07 Å². The number of aliphatic imine (C=N–C) groups is 2. The number of hydrogen-bond donors (Lipinski definition) is 1. The lowest BCUT2D eigenvalue weighted by atomic mass is 9.94. The molecule has 7 nitrogen and oxygen atoms in total. The molecule has 7 heteroatoms. The SMILES string of the molecule is C=C(CN1CCCCC1)NC(=NCC/C(C)=C/c1cnc(C#N)nc1C)/N=C\C.CCC(C)(C)C. The van der Waals surface area contributed by atoms with Crippen LogP contribution < -0.4 is 5.32 Å². The van der Waals surface area contributed by atoms with Crippen LogP contribution in [0.3, 0.4) is 0 Å². The molecule has 0 unspecified atom stereocenters. The topological polar surface area (TPSA) is 89.6 Å². The molecule has 0 atom stereocenters. The minimum absolute atomic E-state index is 0.194. The zero-order chi connectivity index (χ0) is 26.3. The van der Waals surface area contributed by atoms with Gasteiger partial charge in [0.15, 0.2) is 0 Å². The van der Waals surface area contributed by atoms with Crippen LogP contribution in [0.25, 0.3) is 6.08 Å². The molecule has 2 heterocycles.